The summed E-state index contributed by atoms with van der Waals surface area (Å²) >= 11 is 15.3. The molecule has 1 heterocycles. The summed E-state index contributed by atoms with van der Waals surface area (Å²) in [5.41, 5.74) is 7.24. The van der Waals surface area contributed by atoms with Crippen molar-refractivity contribution < 1.29 is 0 Å². The van der Waals surface area contributed by atoms with Gasteiger partial charge >= 0.3 is 0 Å². The van der Waals surface area contributed by atoms with Gasteiger partial charge in [0.25, 0.3) is 0 Å². The van der Waals surface area contributed by atoms with Gasteiger partial charge in [-0.1, -0.05) is 35.0 Å². The molecule has 0 atom stereocenters. The standard InChI is InChI=1S/C13H8Cl2N2S2/c14-7-1-3-12-10(5-7)17-13(19-12)18-11-4-2-8(16)6-9(11)15/h1-6H,16H2. The minimum absolute atomic E-state index is 0.641. The van der Waals surface area contributed by atoms with Crippen molar-refractivity contribution in [2.45, 2.75) is 9.24 Å². The summed E-state index contributed by atoms with van der Waals surface area (Å²) in [5.74, 6) is 0. The molecule has 0 amide bonds. The number of hydrogen-bond donors (Lipinski definition) is 1. The maximum absolute atomic E-state index is 6.16. The maximum Gasteiger partial charge on any atom is 0.155 e. The molecule has 3 aromatic rings. The normalized spacial score (nSPS) is 11.1. The van der Waals surface area contributed by atoms with Crippen LogP contribution in [0, 0.1) is 0 Å². The molecule has 0 saturated carbocycles. The van der Waals surface area contributed by atoms with E-state index in [1.165, 1.54) is 11.8 Å². The number of nitrogens with two attached hydrogens (primary N) is 1. The van der Waals surface area contributed by atoms with Crippen LogP contribution >= 0.6 is 46.3 Å². The Morgan fingerprint density at radius 3 is 2.74 bits per heavy atom. The highest BCUT2D eigenvalue weighted by atomic mass is 35.5. The van der Waals surface area contributed by atoms with E-state index in [1.807, 2.05) is 30.3 Å². The molecule has 3 rings (SSSR count). The Hall–Kier alpha value is -0.940. The molecule has 0 unspecified atom stereocenters. The number of rotatable bonds is 2. The van der Waals surface area contributed by atoms with Crippen LogP contribution in [0.4, 0.5) is 5.69 Å². The average molecular weight is 327 g/mol. The first kappa shape index (κ1) is 13.1. The van der Waals surface area contributed by atoms with Gasteiger partial charge in [-0.2, -0.15) is 0 Å². The second-order valence-corrected chi connectivity index (χ2v) is 7.05. The third-order valence-corrected chi connectivity index (χ3v) is 5.32. The molecule has 0 bridgehead atoms. The molecule has 0 aliphatic rings. The molecule has 6 heteroatoms. The van der Waals surface area contributed by atoms with E-state index in [1.54, 1.807) is 17.4 Å². The van der Waals surface area contributed by atoms with Crippen LogP contribution in [0.25, 0.3) is 10.2 Å². The van der Waals surface area contributed by atoms with Gasteiger partial charge in [-0.05, 0) is 36.4 Å². The fourth-order valence-electron chi connectivity index (χ4n) is 1.62. The van der Waals surface area contributed by atoms with E-state index >= 15 is 0 Å². The van der Waals surface area contributed by atoms with E-state index in [2.05, 4.69) is 4.98 Å². The number of halogens is 2. The number of anilines is 1. The lowest BCUT2D eigenvalue weighted by Gasteiger charge is -2.01. The Labute approximate surface area is 128 Å². The van der Waals surface area contributed by atoms with Crippen molar-refractivity contribution in [2.75, 3.05) is 5.73 Å². The molecule has 1 aromatic heterocycles. The third-order valence-electron chi connectivity index (χ3n) is 2.48. The predicted molar refractivity (Wildman–Crippen MR) is 84.6 cm³/mol. The Morgan fingerprint density at radius 1 is 1.11 bits per heavy atom. The minimum atomic E-state index is 0.641. The van der Waals surface area contributed by atoms with Crippen molar-refractivity contribution in [1.29, 1.82) is 0 Å². The predicted octanol–water partition coefficient (Wildman–Crippen LogP) is 5.34. The highest BCUT2D eigenvalue weighted by molar-refractivity contribution is 8.01. The van der Waals surface area contributed by atoms with Crippen molar-refractivity contribution in [2.24, 2.45) is 0 Å². The van der Waals surface area contributed by atoms with Gasteiger partial charge in [0.2, 0.25) is 0 Å². The molecule has 0 aliphatic heterocycles. The number of aromatic nitrogens is 1. The lowest BCUT2D eigenvalue weighted by molar-refractivity contribution is 1.29. The van der Waals surface area contributed by atoms with E-state index in [-0.39, 0.29) is 0 Å². The Bertz CT molecular complexity index is 755. The number of nitrogen functional groups attached to an aromatic ring is 1. The van der Waals surface area contributed by atoms with Crippen LogP contribution in [-0.4, -0.2) is 4.98 Å². The number of hydrogen-bond acceptors (Lipinski definition) is 4. The highest BCUT2D eigenvalue weighted by Crippen LogP contribution is 2.38. The topological polar surface area (TPSA) is 38.9 Å². The fraction of sp³-hybridized carbons (Fsp3) is 0. The van der Waals surface area contributed by atoms with Gasteiger partial charge in [0.1, 0.15) is 0 Å². The van der Waals surface area contributed by atoms with Crippen LogP contribution in [0.5, 0.6) is 0 Å². The van der Waals surface area contributed by atoms with Gasteiger partial charge in [0.15, 0.2) is 4.34 Å². The molecule has 0 aliphatic carbocycles. The van der Waals surface area contributed by atoms with E-state index < -0.39 is 0 Å². The van der Waals surface area contributed by atoms with Crippen LogP contribution in [0.1, 0.15) is 0 Å². The monoisotopic (exact) mass is 326 g/mol. The van der Waals surface area contributed by atoms with Crippen LogP contribution in [0.15, 0.2) is 45.6 Å². The summed E-state index contributed by atoms with van der Waals surface area (Å²) in [5, 5.41) is 1.34. The average Bonchev–Trinajstić information content (AvgIpc) is 2.74. The van der Waals surface area contributed by atoms with Gasteiger partial charge in [0, 0.05) is 15.6 Å². The Balaban J connectivity index is 1.96. The first-order valence-corrected chi connectivity index (χ1v) is 7.80. The summed E-state index contributed by atoms with van der Waals surface area (Å²) in [4.78, 5) is 5.48. The van der Waals surface area contributed by atoms with Crippen LogP contribution < -0.4 is 5.73 Å². The molecular formula is C13H8Cl2N2S2. The highest BCUT2D eigenvalue weighted by Gasteiger charge is 2.08. The molecule has 19 heavy (non-hydrogen) atoms. The lowest BCUT2D eigenvalue weighted by atomic mass is 10.3. The van der Waals surface area contributed by atoms with Crippen molar-refractivity contribution in [3.8, 4) is 0 Å². The fourth-order valence-corrected chi connectivity index (χ4v) is 4.10. The second-order valence-electron chi connectivity index (χ2n) is 3.88. The molecule has 0 spiro atoms. The van der Waals surface area contributed by atoms with Crippen molar-refractivity contribution >= 4 is 62.2 Å². The summed E-state index contributed by atoms with van der Waals surface area (Å²) in [6.45, 7) is 0. The lowest BCUT2D eigenvalue weighted by Crippen LogP contribution is -1.84. The molecule has 0 saturated heterocycles. The number of nitrogens with zero attached hydrogens (tertiary/aromatic N) is 1. The Morgan fingerprint density at radius 2 is 1.95 bits per heavy atom. The number of thiazole rings is 1. The molecule has 96 valence electrons. The SMILES string of the molecule is Nc1ccc(Sc2nc3cc(Cl)ccc3s2)c(Cl)c1. The van der Waals surface area contributed by atoms with Crippen molar-refractivity contribution in [3.05, 3.63) is 46.4 Å². The Kier molecular flexibility index (Phi) is 3.58. The van der Waals surface area contributed by atoms with Gasteiger partial charge < -0.3 is 5.73 Å². The van der Waals surface area contributed by atoms with Gasteiger partial charge in [0.05, 0.1) is 15.2 Å². The quantitative estimate of drug-likeness (QED) is 0.646. The van der Waals surface area contributed by atoms with Gasteiger partial charge in [-0.15, -0.1) is 11.3 Å². The number of benzene rings is 2. The first-order chi connectivity index (χ1) is 9.11. The zero-order valence-electron chi connectivity index (χ0n) is 9.56. The van der Waals surface area contributed by atoms with E-state index in [0.717, 1.165) is 19.5 Å². The smallest absolute Gasteiger partial charge is 0.155 e. The third kappa shape index (κ3) is 2.82. The first-order valence-electron chi connectivity index (χ1n) is 5.41. The maximum atomic E-state index is 6.16. The zero-order valence-corrected chi connectivity index (χ0v) is 12.7. The summed E-state index contributed by atoms with van der Waals surface area (Å²) in [6.07, 6.45) is 0. The van der Waals surface area contributed by atoms with Crippen molar-refractivity contribution in [1.82, 2.24) is 4.98 Å². The molecule has 0 fully saturated rings. The van der Waals surface area contributed by atoms with E-state index in [4.69, 9.17) is 28.9 Å². The molecule has 2 nitrogen and oxygen atoms in total. The molecular weight excluding hydrogens is 319 g/mol. The van der Waals surface area contributed by atoms with Crippen molar-refractivity contribution in [3.63, 3.8) is 0 Å². The minimum Gasteiger partial charge on any atom is -0.399 e. The largest absolute Gasteiger partial charge is 0.399 e. The zero-order chi connectivity index (χ0) is 13.4. The van der Waals surface area contributed by atoms with Crippen LogP contribution in [-0.2, 0) is 0 Å². The van der Waals surface area contributed by atoms with E-state index in [9.17, 15) is 0 Å². The summed E-state index contributed by atoms with van der Waals surface area (Å²) < 4.78 is 2.04. The van der Waals surface area contributed by atoms with Gasteiger partial charge in [-0.25, -0.2) is 4.98 Å². The molecule has 2 aromatic carbocycles. The summed E-state index contributed by atoms with van der Waals surface area (Å²) in [7, 11) is 0. The van der Waals surface area contributed by atoms with Gasteiger partial charge in [-0.3, -0.25) is 0 Å². The number of fused-ring (bicyclic) bond motifs is 1. The molecule has 2 N–H and O–H groups in total. The summed E-state index contributed by atoms with van der Waals surface area (Å²) in [6, 6.07) is 11.2. The van der Waals surface area contributed by atoms with Crippen LogP contribution in [0.3, 0.4) is 0 Å². The van der Waals surface area contributed by atoms with Crippen LogP contribution in [0.2, 0.25) is 10.0 Å². The molecule has 0 radical (unpaired) electrons. The second kappa shape index (κ2) is 5.21. The van der Waals surface area contributed by atoms with E-state index in [0.29, 0.717) is 15.7 Å².